The van der Waals surface area contributed by atoms with Crippen LogP contribution in [0.5, 0.6) is 11.5 Å². The number of fused-ring (bicyclic) bond motifs is 2. The Kier molecular flexibility index (Phi) is 5.16. The molecule has 28 heavy (non-hydrogen) atoms. The lowest BCUT2D eigenvalue weighted by Gasteiger charge is -2.25. The molecule has 1 aliphatic heterocycles. The quantitative estimate of drug-likeness (QED) is 0.682. The molecule has 0 bridgehead atoms. The van der Waals surface area contributed by atoms with Gasteiger partial charge in [0.25, 0.3) is 5.91 Å². The Balaban J connectivity index is 1.38. The first-order valence-electron chi connectivity index (χ1n) is 9.31. The molecule has 1 aliphatic rings. The van der Waals surface area contributed by atoms with Crippen LogP contribution in [0.4, 0.5) is 0 Å². The fraction of sp³-hybridized carbons (Fsp3) is 0.333. The molecule has 0 spiro atoms. The average Bonchev–Trinajstić information content (AvgIpc) is 3.14. The maximum atomic E-state index is 12.5. The van der Waals surface area contributed by atoms with Crippen molar-refractivity contribution in [3.8, 4) is 11.5 Å². The summed E-state index contributed by atoms with van der Waals surface area (Å²) in [5.41, 5.74) is 3.34. The molecule has 1 amide bonds. The highest BCUT2D eigenvalue weighted by molar-refractivity contribution is 5.97. The van der Waals surface area contributed by atoms with Crippen molar-refractivity contribution in [2.45, 2.75) is 13.0 Å². The smallest absolute Gasteiger partial charge is 0.251 e. The number of imidazole rings is 1. The number of benzene rings is 2. The van der Waals surface area contributed by atoms with Gasteiger partial charge in [0, 0.05) is 30.6 Å². The van der Waals surface area contributed by atoms with E-state index in [-0.39, 0.29) is 18.4 Å². The molecule has 0 aliphatic carbocycles. The van der Waals surface area contributed by atoms with Crippen LogP contribution in [0.1, 0.15) is 15.9 Å². The average molecular weight is 381 g/mol. The highest BCUT2D eigenvalue weighted by Gasteiger charge is 2.21. The number of aliphatic hydroxyl groups excluding tert-OH is 1. The lowest BCUT2D eigenvalue weighted by molar-refractivity contribution is 0.0939. The van der Waals surface area contributed by atoms with Gasteiger partial charge in [-0.2, -0.15) is 0 Å². The minimum absolute atomic E-state index is 0.0487. The van der Waals surface area contributed by atoms with Crippen molar-refractivity contribution in [3.05, 3.63) is 53.9 Å². The van der Waals surface area contributed by atoms with E-state index in [1.807, 2.05) is 28.8 Å². The van der Waals surface area contributed by atoms with E-state index in [4.69, 9.17) is 14.6 Å². The van der Waals surface area contributed by atoms with Crippen LogP contribution in [0.2, 0.25) is 0 Å². The highest BCUT2D eigenvalue weighted by Crippen LogP contribution is 2.30. The van der Waals surface area contributed by atoms with Gasteiger partial charge in [0.05, 0.1) is 37.7 Å². The van der Waals surface area contributed by atoms with Crippen molar-refractivity contribution in [1.82, 2.24) is 14.9 Å². The second kappa shape index (κ2) is 7.90. The Hall–Kier alpha value is -3.06. The van der Waals surface area contributed by atoms with Gasteiger partial charge in [-0.25, -0.2) is 4.98 Å². The first-order chi connectivity index (χ1) is 13.7. The van der Waals surface area contributed by atoms with Crippen LogP contribution in [0.25, 0.3) is 11.0 Å². The van der Waals surface area contributed by atoms with E-state index in [0.717, 1.165) is 34.5 Å². The van der Waals surface area contributed by atoms with Crippen LogP contribution >= 0.6 is 0 Å². The van der Waals surface area contributed by atoms with Gasteiger partial charge in [-0.05, 0) is 36.2 Å². The summed E-state index contributed by atoms with van der Waals surface area (Å²) < 4.78 is 12.9. The molecule has 0 unspecified atom stereocenters. The van der Waals surface area contributed by atoms with Crippen LogP contribution in [0.15, 0.2) is 42.7 Å². The maximum Gasteiger partial charge on any atom is 0.251 e. The Morgan fingerprint density at radius 1 is 1.36 bits per heavy atom. The zero-order valence-corrected chi connectivity index (χ0v) is 15.7. The zero-order chi connectivity index (χ0) is 19.5. The first-order valence-corrected chi connectivity index (χ1v) is 9.31. The predicted octanol–water partition coefficient (Wildman–Crippen LogP) is 2.02. The second-order valence-corrected chi connectivity index (χ2v) is 6.93. The molecule has 0 radical (unpaired) electrons. The third-order valence-corrected chi connectivity index (χ3v) is 5.03. The largest absolute Gasteiger partial charge is 0.497 e. The molecule has 1 atom stereocenters. The van der Waals surface area contributed by atoms with Gasteiger partial charge in [-0.15, -0.1) is 0 Å². The molecular weight excluding hydrogens is 358 g/mol. The summed E-state index contributed by atoms with van der Waals surface area (Å²) in [6.45, 7) is 1.64. The standard InChI is InChI=1S/C21H23N3O4/c1-27-17-4-2-15-8-14(12-28-20(15)10-17)11-22-21(26)16-3-5-19-18(9-16)23-13-24(19)6-7-25/h2-5,9-10,13-14,25H,6-8,11-12H2,1H3,(H,22,26)/t14-/m1/s1. The van der Waals surface area contributed by atoms with Gasteiger partial charge in [0.1, 0.15) is 11.5 Å². The fourth-order valence-corrected chi connectivity index (χ4v) is 3.50. The van der Waals surface area contributed by atoms with E-state index in [9.17, 15) is 4.79 Å². The minimum Gasteiger partial charge on any atom is -0.497 e. The van der Waals surface area contributed by atoms with E-state index in [1.54, 1.807) is 25.6 Å². The Labute approximate surface area is 162 Å². The Morgan fingerprint density at radius 3 is 3.07 bits per heavy atom. The summed E-state index contributed by atoms with van der Waals surface area (Å²) in [6, 6.07) is 11.3. The number of nitrogens with one attached hydrogen (secondary N) is 1. The van der Waals surface area contributed by atoms with E-state index in [2.05, 4.69) is 10.3 Å². The van der Waals surface area contributed by atoms with Crippen LogP contribution < -0.4 is 14.8 Å². The number of carbonyl (C=O) groups excluding carboxylic acids is 1. The molecule has 0 saturated carbocycles. The Morgan fingerprint density at radius 2 is 2.25 bits per heavy atom. The number of ether oxygens (including phenoxy) is 2. The van der Waals surface area contributed by atoms with Gasteiger partial charge < -0.3 is 24.5 Å². The van der Waals surface area contributed by atoms with Crippen molar-refractivity contribution in [3.63, 3.8) is 0 Å². The number of aliphatic hydroxyl groups is 1. The van der Waals surface area contributed by atoms with Crippen LogP contribution in [0, 0.1) is 5.92 Å². The maximum absolute atomic E-state index is 12.5. The normalized spacial score (nSPS) is 15.7. The van der Waals surface area contributed by atoms with Crippen molar-refractivity contribution in [2.24, 2.45) is 5.92 Å². The van der Waals surface area contributed by atoms with Gasteiger partial charge in [-0.1, -0.05) is 6.07 Å². The van der Waals surface area contributed by atoms with Gasteiger partial charge in [-0.3, -0.25) is 4.79 Å². The first kappa shape index (κ1) is 18.3. The number of hydrogen-bond donors (Lipinski definition) is 2. The molecule has 1 aromatic heterocycles. The summed E-state index contributed by atoms with van der Waals surface area (Å²) in [5.74, 6) is 1.73. The number of hydrogen-bond acceptors (Lipinski definition) is 5. The zero-order valence-electron chi connectivity index (χ0n) is 15.7. The third-order valence-electron chi connectivity index (χ3n) is 5.03. The van der Waals surface area contributed by atoms with Crippen molar-refractivity contribution >= 4 is 16.9 Å². The summed E-state index contributed by atoms with van der Waals surface area (Å²) >= 11 is 0. The van der Waals surface area contributed by atoms with Gasteiger partial charge >= 0.3 is 0 Å². The third kappa shape index (κ3) is 3.66. The molecule has 2 heterocycles. The van der Waals surface area contributed by atoms with Gasteiger partial charge in [0.15, 0.2) is 0 Å². The van der Waals surface area contributed by atoms with E-state index < -0.39 is 0 Å². The number of carbonyl (C=O) groups is 1. The molecule has 2 aromatic carbocycles. The van der Waals surface area contributed by atoms with Crippen LogP contribution in [-0.4, -0.2) is 47.4 Å². The number of nitrogens with zero attached hydrogens (tertiary/aromatic N) is 2. The van der Waals surface area contributed by atoms with Crippen molar-refractivity contribution in [2.75, 3.05) is 26.9 Å². The lowest BCUT2D eigenvalue weighted by Crippen LogP contribution is -2.34. The summed E-state index contributed by atoms with van der Waals surface area (Å²) in [7, 11) is 1.64. The number of amides is 1. The molecule has 3 aromatic rings. The van der Waals surface area contributed by atoms with Crippen molar-refractivity contribution < 1.29 is 19.4 Å². The Bertz CT molecular complexity index is 998. The fourth-order valence-electron chi connectivity index (χ4n) is 3.50. The van der Waals surface area contributed by atoms with E-state index in [0.29, 0.717) is 25.3 Å². The van der Waals surface area contributed by atoms with E-state index in [1.165, 1.54) is 0 Å². The molecule has 4 rings (SSSR count). The van der Waals surface area contributed by atoms with Crippen molar-refractivity contribution in [1.29, 1.82) is 0 Å². The SMILES string of the molecule is COc1ccc2c(c1)OC[C@@H](CNC(=O)c1ccc3c(c1)ncn3CCO)C2. The topological polar surface area (TPSA) is 85.6 Å². The van der Waals surface area contributed by atoms with Crippen LogP contribution in [-0.2, 0) is 13.0 Å². The number of aromatic nitrogens is 2. The molecule has 2 N–H and O–H groups in total. The predicted molar refractivity (Wildman–Crippen MR) is 105 cm³/mol. The minimum atomic E-state index is -0.126. The highest BCUT2D eigenvalue weighted by atomic mass is 16.5. The number of rotatable bonds is 6. The molecule has 7 heteroatoms. The molecule has 7 nitrogen and oxygen atoms in total. The summed E-state index contributed by atoms with van der Waals surface area (Å²) in [4.78, 5) is 16.9. The lowest BCUT2D eigenvalue weighted by atomic mass is 9.96. The monoisotopic (exact) mass is 381 g/mol. The molecule has 0 fully saturated rings. The molecule has 0 saturated heterocycles. The summed E-state index contributed by atoms with van der Waals surface area (Å²) in [5, 5.41) is 12.1. The van der Waals surface area contributed by atoms with E-state index >= 15 is 0 Å². The van der Waals surface area contributed by atoms with Crippen LogP contribution in [0.3, 0.4) is 0 Å². The molecular formula is C21H23N3O4. The number of methoxy groups -OCH3 is 1. The second-order valence-electron chi connectivity index (χ2n) is 6.93. The molecule has 146 valence electrons. The van der Waals surface area contributed by atoms with Gasteiger partial charge in [0.2, 0.25) is 0 Å². The summed E-state index contributed by atoms with van der Waals surface area (Å²) in [6.07, 6.45) is 2.53.